The molecular formula is C26H29ClN8O4S3. The van der Waals surface area contributed by atoms with Crippen LogP contribution in [0.4, 0.5) is 28.3 Å². The minimum absolute atomic E-state index is 0.153. The number of hydrogen-bond donors (Lipinski definition) is 3. The molecule has 0 saturated heterocycles. The van der Waals surface area contributed by atoms with Gasteiger partial charge in [-0.2, -0.15) is 4.98 Å². The van der Waals surface area contributed by atoms with Gasteiger partial charge in [-0.3, -0.25) is 10.1 Å². The van der Waals surface area contributed by atoms with E-state index in [4.69, 9.17) is 16.3 Å². The zero-order chi connectivity index (χ0) is 30.4. The second-order valence-electron chi connectivity index (χ2n) is 9.36. The number of para-hydroxylation sites is 1. The number of aromatic nitrogens is 4. The average Bonchev–Trinajstić information content (AvgIpc) is 3.37. The summed E-state index contributed by atoms with van der Waals surface area (Å²) < 4.78 is 31.9. The fraction of sp³-hybridized carbons (Fsp3) is 0.269. The molecule has 42 heavy (non-hydrogen) atoms. The first-order valence-corrected chi connectivity index (χ1v) is 16.1. The molecule has 0 atom stereocenters. The number of amides is 1. The molecule has 0 aliphatic heterocycles. The van der Waals surface area contributed by atoms with E-state index in [9.17, 15) is 13.2 Å². The largest absolute Gasteiger partial charge is 0.495 e. The summed E-state index contributed by atoms with van der Waals surface area (Å²) in [4.78, 5) is 23.4. The maximum absolute atomic E-state index is 12.9. The van der Waals surface area contributed by atoms with Crippen molar-refractivity contribution < 1.29 is 17.9 Å². The van der Waals surface area contributed by atoms with E-state index >= 15 is 0 Å². The third-order valence-corrected chi connectivity index (χ3v) is 9.97. The third kappa shape index (κ3) is 7.86. The van der Waals surface area contributed by atoms with Crippen LogP contribution in [0, 0.1) is 0 Å². The number of ether oxygens (including phenoxy) is 1. The molecule has 0 saturated carbocycles. The van der Waals surface area contributed by atoms with Crippen LogP contribution in [-0.2, 0) is 14.6 Å². The summed E-state index contributed by atoms with van der Waals surface area (Å²) >= 11 is 8.96. The van der Waals surface area contributed by atoms with Gasteiger partial charge in [0, 0.05) is 11.8 Å². The van der Waals surface area contributed by atoms with E-state index in [0.29, 0.717) is 26.6 Å². The Balaban J connectivity index is 1.50. The van der Waals surface area contributed by atoms with Crippen LogP contribution in [0.25, 0.3) is 0 Å². The van der Waals surface area contributed by atoms with E-state index in [1.54, 1.807) is 56.2 Å². The maximum Gasteiger partial charge on any atom is 0.240 e. The Morgan fingerprint density at radius 2 is 1.90 bits per heavy atom. The molecule has 12 nitrogen and oxygen atoms in total. The lowest BCUT2D eigenvalue weighted by atomic mass is 10.3. The second kappa shape index (κ2) is 13.6. The maximum atomic E-state index is 12.9. The van der Waals surface area contributed by atoms with Crippen molar-refractivity contribution in [1.82, 2.24) is 25.1 Å². The van der Waals surface area contributed by atoms with Crippen molar-refractivity contribution in [3.8, 4) is 5.75 Å². The average molecular weight is 649 g/mol. The zero-order valence-corrected chi connectivity index (χ0v) is 26.6. The highest BCUT2D eigenvalue weighted by atomic mass is 35.5. The molecule has 16 heteroatoms. The minimum atomic E-state index is -3.55. The smallest absolute Gasteiger partial charge is 0.240 e. The molecule has 0 aliphatic rings. The summed E-state index contributed by atoms with van der Waals surface area (Å²) in [6, 6.07) is 12.0. The molecule has 0 fully saturated rings. The lowest BCUT2D eigenvalue weighted by molar-refractivity contribution is -0.116. The van der Waals surface area contributed by atoms with Gasteiger partial charge in [-0.15, -0.1) is 10.2 Å². The number of anilines is 5. The van der Waals surface area contributed by atoms with Crippen molar-refractivity contribution in [2.45, 2.75) is 33.2 Å². The van der Waals surface area contributed by atoms with Gasteiger partial charge in [0.15, 0.2) is 20.0 Å². The van der Waals surface area contributed by atoms with Gasteiger partial charge in [0.25, 0.3) is 0 Å². The molecule has 0 bridgehead atoms. The van der Waals surface area contributed by atoms with Gasteiger partial charge in [0.05, 0.1) is 40.6 Å². The first-order valence-electron chi connectivity index (χ1n) is 12.5. The number of hydrogen-bond acceptors (Lipinski definition) is 13. The predicted octanol–water partition coefficient (Wildman–Crippen LogP) is 5.31. The van der Waals surface area contributed by atoms with Gasteiger partial charge in [-0.25, -0.2) is 13.4 Å². The van der Waals surface area contributed by atoms with Gasteiger partial charge >= 0.3 is 0 Å². The Bertz CT molecular complexity index is 1680. The highest BCUT2D eigenvalue weighted by Gasteiger charge is 2.23. The van der Waals surface area contributed by atoms with Crippen molar-refractivity contribution in [1.29, 1.82) is 0 Å². The van der Waals surface area contributed by atoms with Gasteiger partial charge in [0.1, 0.15) is 10.8 Å². The Kier molecular flexibility index (Phi) is 10.2. The molecule has 2 aromatic heterocycles. The quantitative estimate of drug-likeness (QED) is 0.171. The van der Waals surface area contributed by atoms with E-state index in [0.717, 1.165) is 4.90 Å². The molecule has 0 spiro atoms. The van der Waals surface area contributed by atoms with Crippen molar-refractivity contribution in [2.75, 3.05) is 43.7 Å². The number of nitrogens with one attached hydrogen (secondary N) is 3. The summed E-state index contributed by atoms with van der Waals surface area (Å²) in [5, 5.41) is 17.1. The first kappa shape index (κ1) is 31.4. The van der Waals surface area contributed by atoms with Gasteiger partial charge < -0.3 is 20.3 Å². The normalized spacial score (nSPS) is 11.5. The van der Waals surface area contributed by atoms with Crippen molar-refractivity contribution in [2.24, 2.45) is 0 Å². The van der Waals surface area contributed by atoms with Crippen LogP contribution in [0.1, 0.15) is 13.8 Å². The summed E-state index contributed by atoms with van der Waals surface area (Å²) in [7, 11) is 1.62. The van der Waals surface area contributed by atoms with E-state index in [2.05, 4.69) is 36.1 Å². The Hall–Kier alpha value is -3.50. The molecule has 4 rings (SSSR count). The van der Waals surface area contributed by atoms with E-state index in [-0.39, 0.29) is 34.1 Å². The number of carbonyl (C=O) groups is 1. The van der Waals surface area contributed by atoms with E-state index < -0.39 is 15.1 Å². The molecule has 3 N–H and O–H groups in total. The lowest BCUT2D eigenvalue weighted by Gasteiger charge is -2.15. The first-order chi connectivity index (χ1) is 20.0. The molecule has 1 amide bonds. The van der Waals surface area contributed by atoms with Crippen LogP contribution in [0.15, 0.2) is 62.8 Å². The molecule has 0 aliphatic carbocycles. The number of carbonyl (C=O) groups excluding carboxylic acids is 1. The second-order valence-corrected chi connectivity index (χ2v) is 14.5. The van der Waals surface area contributed by atoms with Crippen LogP contribution in [0.5, 0.6) is 5.75 Å². The highest BCUT2D eigenvalue weighted by Crippen LogP contribution is 2.39. The fourth-order valence-electron chi connectivity index (χ4n) is 3.51. The Morgan fingerprint density at radius 1 is 1.14 bits per heavy atom. The van der Waals surface area contributed by atoms with Crippen LogP contribution < -0.4 is 20.7 Å². The van der Waals surface area contributed by atoms with Crippen molar-refractivity contribution in [3.63, 3.8) is 0 Å². The zero-order valence-electron chi connectivity index (χ0n) is 23.4. The molecular weight excluding hydrogens is 620 g/mol. The number of halogens is 1. The highest BCUT2D eigenvalue weighted by molar-refractivity contribution is 8.01. The summed E-state index contributed by atoms with van der Waals surface area (Å²) in [6.07, 6.45) is 1.42. The topological polar surface area (TPSA) is 151 Å². The van der Waals surface area contributed by atoms with Gasteiger partial charge in [-0.1, -0.05) is 46.8 Å². The van der Waals surface area contributed by atoms with Crippen LogP contribution in [0.2, 0.25) is 5.02 Å². The van der Waals surface area contributed by atoms with Gasteiger partial charge in [-0.05, 0) is 52.2 Å². The van der Waals surface area contributed by atoms with E-state index in [1.807, 2.05) is 26.2 Å². The molecule has 2 aromatic carbocycles. The molecule has 2 heterocycles. The van der Waals surface area contributed by atoms with E-state index in [1.165, 1.54) is 29.3 Å². The SMILES string of the molecule is COc1cc(Nc2ncc(Cl)c(Nc3ccccc3S(=O)(=O)C(C)C)n2)ccc1Sc1nnc(NC(=O)CN(C)C)s1. The molecule has 222 valence electrons. The molecule has 4 aromatic rings. The van der Waals surface area contributed by atoms with Crippen molar-refractivity contribution in [3.05, 3.63) is 53.7 Å². The number of likely N-dealkylation sites (N-methyl/N-ethyl adjacent to an activating group) is 1. The summed E-state index contributed by atoms with van der Waals surface area (Å²) in [5.74, 6) is 0.868. The Labute approximate surface area is 257 Å². The van der Waals surface area contributed by atoms with Crippen LogP contribution in [-0.4, -0.2) is 72.4 Å². The number of nitrogens with zero attached hydrogens (tertiary/aromatic N) is 5. The fourth-order valence-corrected chi connectivity index (χ4v) is 6.67. The lowest BCUT2D eigenvalue weighted by Crippen LogP contribution is -2.26. The number of sulfone groups is 1. The minimum Gasteiger partial charge on any atom is -0.495 e. The summed E-state index contributed by atoms with van der Waals surface area (Å²) in [6.45, 7) is 3.50. The number of rotatable bonds is 12. The third-order valence-electron chi connectivity index (χ3n) is 5.54. The number of methoxy groups -OCH3 is 1. The van der Waals surface area contributed by atoms with Gasteiger partial charge in [0.2, 0.25) is 17.0 Å². The number of benzene rings is 2. The van der Waals surface area contributed by atoms with Crippen LogP contribution in [0.3, 0.4) is 0 Å². The predicted molar refractivity (Wildman–Crippen MR) is 167 cm³/mol. The molecule has 0 unspecified atom stereocenters. The summed E-state index contributed by atoms with van der Waals surface area (Å²) in [5.41, 5.74) is 0.999. The van der Waals surface area contributed by atoms with Crippen molar-refractivity contribution >= 4 is 78.7 Å². The molecule has 0 radical (unpaired) electrons. The van der Waals surface area contributed by atoms with Crippen LogP contribution >= 0.6 is 34.7 Å². The standard InChI is InChI=1S/C26H29ClN8O4S3/c1-15(2)42(37,38)21-9-7-6-8-18(21)30-23-17(27)13-28-24(32-23)29-16-10-11-20(19(12-16)39-5)40-26-34-33-25(41-26)31-22(36)14-35(3)4/h6-13,15H,14H2,1-5H3,(H,31,33,36)(H2,28,29,30,32). The monoisotopic (exact) mass is 648 g/mol. The Morgan fingerprint density at radius 3 is 2.62 bits per heavy atom.